The van der Waals surface area contributed by atoms with Gasteiger partial charge < -0.3 is 10.2 Å². The Labute approximate surface area is 123 Å². The first kappa shape index (κ1) is 12.8. The molecule has 0 aromatic carbocycles. The second kappa shape index (κ2) is 4.84. The van der Waals surface area contributed by atoms with Gasteiger partial charge >= 0.3 is 0 Å². The molecular formula is C16H20N4O. The van der Waals surface area contributed by atoms with Crippen LogP contribution < -0.4 is 5.32 Å². The summed E-state index contributed by atoms with van der Waals surface area (Å²) < 4.78 is 1.76. The van der Waals surface area contributed by atoms with Gasteiger partial charge in [-0.25, -0.2) is 4.52 Å². The fourth-order valence-corrected chi connectivity index (χ4v) is 3.64. The van der Waals surface area contributed by atoms with Crippen molar-refractivity contribution in [3.05, 3.63) is 35.7 Å². The third-order valence-corrected chi connectivity index (χ3v) is 4.89. The summed E-state index contributed by atoms with van der Waals surface area (Å²) in [4.78, 5) is 15.0. The van der Waals surface area contributed by atoms with Crippen molar-refractivity contribution in [3.8, 4) is 0 Å². The molecule has 21 heavy (non-hydrogen) atoms. The number of hydrogen-bond donors (Lipinski definition) is 1. The van der Waals surface area contributed by atoms with Crippen LogP contribution in [-0.2, 0) is 0 Å². The maximum Gasteiger partial charge on any atom is 0.255 e. The zero-order chi connectivity index (χ0) is 14.4. The first-order chi connectivity index (χ1) is 10.2. The molecule has 1 unspecified atom stereocenters. The summed E-state index contributed by atoms with van der Waals surface area (Å²) in [6, 6.07) is 4.30. The minimum atomic E-state index is 0.00866. The third kappa shape index (κ3) is 2.21. The van der Waals surface area contributed by atoms with Crippen LogP contribution in [0.2, 0.25) is 0 Å². The molecule has 110 valence electrons. The summed E-state index contributed by atoms with van der Waals surface area (Å²) >= 11 is 0. The Bertz CT molecular complexity index is 685. The average molecular weight is 284 g/mol. The SMILES string of the molecule is Cc1ccn2ncc(C(=O)NC3CN4CCC3CC4)c2c1. The summed E-state index contributed by atoms with van der Waals surface area (Å²) in [5, 5.41) is 7.50. The van der Waals surface area contributed by atoms with E-state index in [2.05, 4.69) is 15.3 Å². The molecule has 5 heteroatoms. The number of carbonyl (C=O) groups is 1. The lowest BCUT2D eigenvalue weighted by Gasteiger charge is -2.44. The van der Waals surface area contributed by atoms with Crippen molar-refractivity contribution in [2.75, 3.05) is 19.6 Å². The molecule has 0 aliphatic carbocycles. The van der Waals surface area contributed by atoms with Gasteiger partial charge in [0.15, 0.2) is 0 Å². The van der Waals surface area contributed by atoms with E-state index in [0.29, 0.717) is 17.5 Å². The smallest absolute Gasteiger partial charge is 0.255 e. The molecule has 3 aliphatic heterocycles. The van der Waals surface area contributed by atoms with Crippen LogP contribution >= 0.6 is 0 Å². The molecule has 3 saturated heterocycles. The van der Waals surface area contributed by atoms with Gasteiger partial charge in [0.1, 0.15) is 0 Å². The molecular weight excluding hydrogens is 264 g/mol. The van der Waals surface area contributed by atoms with Crippen LogP contribution in [0.3, 0.4) is 0 Å². The van der Waals surface area contributed by atoms with E-state index in [0.717, 1.165) is 17.6 Å². The molecule has 2 bridgehead atoms. The number of piperidine rings is 3. The van der Waals surface area contributed by atoms with E-state index in [-0.39, 0.29) is 5.91 Å². The van der Waals surface area contributed by atoms with Gasteiger partial charge in [0.05, 0.1) is 17.3 Å². The Morgan fingerprint density at radius 2 is 2.19 bits per heavy atom. The van der Waals surface area contributed by atoms with Gasteiger partial charge in [0, 0.05) is 18.8 Å². The van der Waals surface area contributed by atoms with Crippen LogP contribution in [0.4, 0.5) is 0 Å². The predicted octanol–water partition coefficient (Wildman–Crippen LogP) is 1.47. The Morgan fingerprint density at radius 1 is 1.38 bits per heavy atom. The normalized spacial score (nSPS) is 28.0. The van der Waals surface area contributed by atoms with E-state index in [4.69, 9.17) is 0 Å². The molecule has 5 heterocycles. The number of aryl methyl sites for hydroxylation is 1. The van der Waals surface area contributed by atoms with Gasteiger partial charge in [-0.05, 0) is 56.5 Å². The second-order valence-electron chi connectivity index (χ2n) is 6.31. The Kier molecular flexibility index (Phi) is 2.96. The largest absolute Gasteiger partial charge is 0.348 e. The molecule has 1 amide bonds. The number of aromatic nitrogens is 2. The highest BCUT2D eigenvalue weighted by Gasteiger charge is 2.35. The Morgan fingerprint density at radius 3 is 2.90 bits per heavy atom. The van der Waals surface area contributed by atoms with Crippen molar-refractivity contribution in [2.45, 2.75) is 25.8 Å². The van der Waals surface area contributed by atoms with Crippen LogP contribution in [0.5, 0.6) is 0 Å². The Hall–Kier alpha value is -1.88. The average Bonchev–Trinajstić information content (AvgIpc) is 2.91. The molecule has 3 aliphatic rings. The molecule has 0 saturated carbocycles. The van der Waals surface area contributed by atoms with Gasteiger partial charge in [-0.1, -0.05) is 0 Å². The van der Waals surface area contributed by atoms with Crippen molar-refractivity contribution in [1.82, 2.24) is 19.8 Å². The number of hydrogen-bond acceptors (Lipinski definition) is 3. The topological polar surface area (TPSA) is 49.6 Å². The molecule has 5 rings (SSSR count). The fraction of sp³-hybridized carbons (Fsp3) is 0.500. The summed E-state index contributed by atoms with van der Waals surface area (Å²) in [5.41, 5.74) is 2.70. The molecule has 0 radical (unpaired) electrons. The monoisotopic (exact) mass is 284 g/mol. The molecule has 1 N–H and O–H groups in total. The van der Waals surface area contributed by atoms with E-state index in [1.54, 1.807) is 10.7 Å². The number of carbonyl (C=O) groups excluding carboxylic acids is 1. The number of nitrogens with one attached hydrogen (secondary N) is 1. The van der Waals surface area contributed by atoms with E-state index in [1.165, 1.54) is 25.9 Å². The maximum absolute atomic E-state index is 12.6. The van der Waals surface area contributed by atoms with Crippen LogP contribution in [-0.4, -0.2) is 46.1 Å². The first-order valence-corrected chi connectivity index (χ1v) is 7.68. The van der Waals surface area contributed by atoms with Gasteiger partial charge in [-0.3, -0.25) is 4.79 Å². The van der Waals surface area contributed by atoms with Crippen LogP contribution in [0.1, 0.15) is 28.8 Å². The van der Waals surface area contributed by atoms with Crippen LogP contribution in [0.25, 0.3) is 5.52 Å². The third-order valence-electron chi connectivity index (χ3n) is 4.89. The van der Waals surface area contributed by atoms with Crippen molar-refractivity contribution in [1.29, 1.82) is 0 Å². The highest BCUT2D eigenvalue weighted by atomic mass is 16.1. The van der Waals surface area contributed by atoms with E-state index in [9.17, 15) is 4.79 Å². The van der Waals surface area contributed by atoms with Gasteiger partial charge in [0.2, 0.25) is 0 Å². The number of pyridine rings is 1. The molecule has 1 atom stereocenters. The molecule has 0 spiro atoms. The minimum absolute atomic E-state index is 0.00866. The van der Waals surface area contributed by atoms with Crippen molar-refractivity contribution >= 4 is 11.4 Å². The van der Waals surface area contributed by atoms with Gasteiger partial charge in [-0.15, -0.1) is 0 Å². The summed E-state index contributed by atoms with van der Waals surface area (Å²) in [7, 11) is 0. The Balaban J connectivity index is 1.57. The van der Waals surface area contributed by atoms with Crippen molar-refractivity contribution in [3.63, 3.8) is 0 Å². The van der Waals surface area contributed by atoms with Gasteiger partial charge in [0.25, 0.3) is 5.91 Å². The lowest BCUT2D eigenvalue weighted by atomic mass is 9.84. The highest BCUT2D eigenvalue weighted by molar-refractivity contribution is 6.00. The first-order valence-electron chi connectivity index (χ1n) is 7.68. The summed E-state index contributed by atoms with van der Waals surface area (Å²) in [5.74, 6) is 0.650. The number of nitrogens with zero attached hydrogens (tertiary/aromatic N) is 3. The number of fused-ring (bicyclic) bond motifs is 4. The molecule has 2 aromatic rings. The van der Waals surface area contributed by atoms with Gasteiger partial charge in [-0.2, -0.15) is 5.10 Å². The summed E-state index contributed by atoms with van der Waals surface area (Å²) in [6.45, 7) is 5.40. The van der Waals surface area contributed by atoms with Crippen molar-refractivity contribution < 1.29 is 4.79 Å². The quantitative estimate of drug-likeness (QED) is 0.908. The zero-order valence-electron chi connectivity index (χ0n) is 12.2. The molecule has 5 nitrogen and oxygen atoms in total. The molecule has 3 fully saturated rings. The highest BCUT2D eigenvalue weighted by Crippen LogP contribution is 2.27. The predicted molar refractivity (Wildman–Crippen MR) is 80.3 cm³/mol. The maximum atomic E-state index is 12.6. The number of amides is 1. The second-order valence-corrected chi connectivity index (χ2v) is 6.31. The standard InChI is InChI=1S/C16H20N4O/c1-11-2-7-20-15(8-11)13(9-17-20)16(21)18-14-10-19-5-3-12(14)4-6-19/h2,7-9,12,14H,3-6,10H2,1H3,(H,18,21). The van der Waals surface area contributed by atoms with Crippen molar-refractivity contribution in [2.24, 2.45) is 5.92 Å². The van der Waals surface area contributed by atoms with E-state index < -0.39 is 0 Å². The summed E-state index contributed by atoms with van der Waals surface area (Å²) in [6.07, 6.45) is 5.98. The van der Waals surface area contributed by atoms with E-state index >= 15 is 0 Å². The van der Waals surface area contributed by atoms with Crippen LogP contribution in [0.15, 0.2) is 24.5 Å². The number of rotatable bonds is 2. The lowest BCUT2D eigenvalue weighted by molar-refractivity contribution is 0.0621. The fourth-order valence-electron chi connectivity index (χ4n) is 3.64. The zero-order valence-corrected chi connectivity index (χ0v) is 12.2. The lowest BCUT2D eigenvalue weighted by Crippen LogP contribution is -2.57. The minimum Gasteiger partial charge on any atom is -0.348 e. The molecule has 2 aromatic heterocycles. The van der Waals surface area contributed by atoms with E-state index in [1.807, 2.05) is 25.3 Å². The van der Waals surface area contributed by atoms with Crippen LogP contribution in [0, 0.1) is 12.8 Å².